The lowest BCUT2D eigenvalue weighted by Crippen LogP contribution is -2.59. The molecule has 47 heavy (non-hydrogen) atoms. The van der Waals surface area contributed by atoms with E-state index in [1.54, 1.807) is 20.8 Å². The van der Waals surface area contributed by atoms with Crippen molar-refractivity contribution in [3.8, 4) is 11.5 Å². The second-order valence-corrected chi connectivity index (χ2v) is 14.7. The summed E-state index contributed by atoms with van der Waals surface area (Å²) in [5.41, 5.74) is -1.08. The molecule has 0 unspecified atom stereocenters. The third-order valence-corrected chi connectivity index (χ3v) is 8.96. The molecule has 252 valence electrons. The van der Waals surface area contributed by atoms with Crippen LogP contribution in [-0.2, 0) is 23.9 Å². The summed E-state index contributed by atoms with van der Waals surface area (Å²) in [5.74, 6) is -1.34. The van der Waals surface area contributed by atoms with E-state index in [4.69, 9.17) is 14.2 Å². The predicted molar refractivity (Wildman–Crippen MR) is 174 cm³/mol. The van der Waals surface area contributed by atoms with Crippen molar-refractivity contribution in [3.05, 3.63) is 72.3 Å². The molecule has 1 saturated carbocycles. The van der Waals surface area contributed by atoms with Crippen LogP contribution in [0.15, 0.2) is 61.2 Å². The van der Waals surface area contributed by atoms with E-state index >= 15 is 0 Å². The van der Waals surface area contributed by atoms with E-state index in [0.29, 0.717) is 0 Å². The lowest BCUT2D eigenvalue weighted by Gasteiger charge is -2.36. The highest BCUT2D eigenvalue weighted by atomic mass is 16.6. The minimum absolute atomic E-state index is 0.0664. The highest BCUT2D eigenvalue weighted by molar-refractivity contribution is 5.96. The summed E-state index contributed by atoms with van der Waals surface area (Å²) in [4.78, 5) is 54.6. The fourth-order valence-corrected chi connectivity index (χ4v) is 6.39. The summed E-state index contributed by atoms with van der Waals surface area (Å²) < 4.78 is 18.1. The number of carboxylic acids is 1. The van der Waals surface area contributed by atoms with Crippen LogP contribution in [0.25, 0.3) is 0 Å². The number of carbonyl (C=O) groups excluding carboxylic acids is 3. The van der Waals surface area contributed by atoms with Gasteiger partial charge in [-0.05, 0) is 44.7 Å². The number of likely N-dealkylation sites (tertiary alicyclic amines) is 1. The number of hydrogen-bond donors (Lipinski definition) is 3. The molecule has 1 saturated heterocycles. The van der Waals surface area contributed by atoms with Gasteiger partial charge in [-0.2, -0.15) is 0 Å². The number of aliphatic carboxylic acids is 1. The standard InChI is InChI=1S/C36H45N3O8/c1-8-21-18-36(21,32(42)43)38-30(40)26-17-22(19-39(26)31(41)29(34(2,3)4)37-33(44)47-35(5,6)7)45-20-25-23-13-9-11-15-27(23)46-28-16-12-10-14-24(25)28/h8-16,21-22,25-26,29H,1,17-20H2,2-7H3,(H,37,44)(H,38,40)(H,42,43)/t21-,22-,26+,29-,36+/m1/s1. The van der Waals surface area contributed by atoms with E-state index in [0.717, 1.165) is 22.6 Å². The Kier molecular flexibility index (Phi) is 9.16. The van der Waals surface area contributed by atoms with Gasteiger partial charge < -0.3 is 34.9 Å². The van der Waals surface area contributed by atoms with Gasteiger partial charge in [-0.15, -0.1) is 6.58 Å². The Hall–Kier alpha value is -4.38. The molecule has 2 aromatic rings. The summed E-state index contributed by atoms with van der Waals surface area (Å²) in [7, 11) is 0. The number of alkyl carbamates (subject to hydrolysis) is 1. The van der Waals surface area contributed by atoms with Gasteiger partial charge in [0, 0.05) is 35.9 Å². The number of amides is 3. The summed E-state index contributed by atoms with van der Waals surface area (Å²) in [6.07, 6.45) is 0.566. The highest BCUT2D eigenvalue weighted by Gasteiger charge is 2.61. The molecule has 0 aromatic heterocycles. The summed E-state index contributed by atoms with van der Waals surface area (Å²) in [6, 6.07) is 13.4. The van der Waals surface area contributed by atoms with E-state index in [1.165, 1.54) is 11.0 Å². The van der Waals surface area contributed by atoms with Crippen molar-refractivity contribution >= 4 is 23.9 Å². The molecular weight excluding hydrogens is 602 g/mol. The quantitative estimate of drug-likeness (QED) is 0.323. The molecule has 0 radical (unpaired) electrons. The zero-order valence-electron chi connectivity index (χ0n) is 27.9. The van der Waals surface area contributed by atoms with Crippen molar-refractivity contribution in [1.29, 1.82) is 0 Å². The van der Waals surface area contributed by atoms with Crippen LogP contribution < -0.4 is 15.4 Å². The monoisotopic (exact) mass is 647 g/mol. The van der Waals surface area contributed by atoms with Crippen molar-refractivity contribution in [1.82, 2.24) is 15.5 Å². The van der Waals surface area contributed by atoms with Gasteiger partial charge in [0.1, 0.15) is 34.7 Å². The van der Waals surface area contributed by atoms with E-state index in [2.05, 4.69) is 17.2 Å². The van der Waals surface area contributed by atoms with Crippen LogP contribution in [0.1, 0.15) is 71.4 Å². The number of nitrogens with one attached hydrogen (secondary N) is 2. The van der Waals surface area contributed by atoms with Crippen LogP contribution in [0, 0.1) is 11.3 Å². The van der Waals surface area contributed by atoms with Gasteiger partial charge in [0.2, 0.25) is 11.8 Å². The first kappa shape index (κ1) is 34.0. The van der Waals surface area contributed by atoms with Crippen LogP contribution in [0.3, 0.4) is 0 Å². The molecule has 3 aliphatic rings. The summed E-state index contributed by atoms with van der Waals surface area (Å²) >= 11 is 0. The smallest absolute Gasteiger partial charge is 0.408 e. The molecule has 2 aromatic carbocycles. The average molecular weight is 648 g/mol. The van der Waals surface area contributed by atoms with Crippen molar-refractivity contribution in [2.45, 2.75) is 89.6 Å². The molecule has 11 heteroatoms. The number of para-hydroxylation sites is 2. The van der Waals surface area contributed by atoms with Gasteiger partial charge in [-0.1, -0.05) is 63.2 Å². The van der Waals surface area contributed by atoms with E-state index in [9.17, 15) is 24.3 Å². The predicted octanol–water partition coefficient (Wildman–Crippen LogP) is 5.00. The molecule has 3 amide bonds. The first-order chi connectivity index (χ1) is 22.0. The molecule has 0 spiro atoms. The van der Waals surface area contributed by atoms with E-state index in [-0.39, 0.29) is 31.9 Å². The normalized spacial score (nSPS) is 24.2. The Morgan fingerprint density at radius 1 is 1.04 bits per heavy atom. The number of nitrogens with zero attached hydrogens (tertiary/aromatic N) is 1. The van der Waals surface area contributed by atoms with Crippen LogP contribution in [0.2, 0.25) is 0 Å². The van der Waals surface area contributed by atoms with Crippen molar-refractivity contribution < 1.29 is 38.5 Å². The molecule has 1 aliphatic carbocycles. The fourth-order valence-electron chi connectivity index (χ4n) is 6.39. The Morgan fingerprint density at radius 3 is 2.15 bits per heavy atom. The molecule has 2 aliphatic heterocycles. The Balaban J connectivity index is 1.40. The van der Waals surface area contributed by atoms with Crippen LogP contribution in [0.5, 0.6) is 11.5 Å². The number of fused-ring (bicyclic) bond motifs is 2. The maximum Gasteiger partial charge on any atom is 0.408 e. The minimum atomic E-state index is -1.47. The van der Waals surface area contributed by atoms with Gasteiger partial charge >= 0.3 is 12.1 Å². The van der Waals surface area contributed by atoms with E-state index < -0.39 is 64.5 Å². The molecule has 5 atom stereocenters. The van der Waals surface area contributed by atoms with E-state index in [1.807, 2.05) is 69.3 Å². The molecule has 2 heterocycles. The zero-order valence-corrected chi connectivity index (χ0v) is 27.9. The molecular formula is C36H45N3O8. The largest absolute Gasteiger partial charge is 0.479 e. The summed E-state index contributed by atoms with van der Waals surface area (Å²) in [5, 5.41) is 15.4. The molecule has 5 rings (SSSR count). The Morgan fingerprint density at radius 2 is 1.64 bits per heavy atom. The van der Waals surface area contributed by atoms with Gasteiger partial charge in [-0.3, -0.25) is 9.59 Å². The third-order valence-electron chi connectivity index (χ3n) is 8.96. The minimum Gasteiger partial charge on any atom is -0.479 e. The summed E-state index contributed by atoms with van der Waals surface area (Å²) in [6.45, 7) is 14.6. The Labute approximate surface area is 275 Å². The second kappa shape index (κ2) is 12.7. The topological polar surface area (TPSA) is 144 Å². The maximum absolute atomic E-state index is 14.3. The zero-order chi connectivity index (χ0) is 34.3. The first-order valence-electron chi connectivity index (χ1n) is 16.0. The lowest BCUT2D eigenvalue weighted by atomic mass is 9.85. The second-order valence-electron chi connectivity index (χ2n) is 14.7. The molecule has 11 nitrogen and oxygen atoms in total. The Bertz CT molecular complexity index is 1510. The van der Waals surface area contributed by atoms with Crippen LogP contribution >= 0.6 is 0 Å². The fraction of sp³-hybridized carbons (Fsp3) is 0.500. The molecule has 3 N–H and O–H groups in total. The number of carboxylic acid groups (broad SMARTS) is 1. The number of hydrogen-bond acceptors (Lipinski definition) is 7. The van der Waals surface area contributed by atoms with Gasteiger partial charge in [0.05, 0.1) is 12.7 Å². The van der Waals surface area contributed by atoms with Crippen LogP contribution in [-0.4, -0.2) is 76.4 Å². The third kappa shape index (κ3) is 7.15. The van der Waals surface area contributed by atoms with Crippen LogP contribution in [0.4, 0.5) is 4.79 Å². The first-order valence-corrected chi connectivity index (χ1v) is 16.0. The number of benzene rings is 2. The number of carbonyl (C=O) groups is 4. The number of rotatable bonds is 9. The highest BCUT2D eigenvalue weighted by Crippen LogP contribution is 2.46. The van der Waals surface area contributed by atoms with Gasteiger partial charge in [0.25, 0.3) is 0 Å². The average Bonchev–Trinajstić information content (AvgIpc) is 3.54. The van der Waals surface area contributed by atoms with Crippen molar-refractivity contribution in [2.75, 3.05) is 13.2 Å². The molecule has 0 bridgehead atoms. The SMILES string of the molecule is C=C[C@@H]1C[C@@]1(NC(=O)[C@@H]1C[C@@H](OCC2c3ccccc3Oc3ccccc32)CN1C(=O)[C@@H](NC(=O)OC(C)(C)C)C(C)(C)C)C(=O)O. The van der Waals surface area contributed by atoms with Gasteiger partial charge in [0.15, 0.2) is 0 Å². The maximum atomic E-state index is 14.3. The molecule has 2 fully saturated rings. The number of ether oxygens (including phenoxy) is 3. The lowest BCUT2D eigenvalue weighted by molar-refractivity contribution is -0.146. The van der Waals surface area contributed by atoms with Crippen molar-refractivity contribution in [2.24, 2.45) is 11.3 Å². The van der Waals surface area contributed by atoms with Gasteiger partial charge in [-0.25, -0.2) is 9.59 Å². The van der Waals surface area contributed by atoms with Crippen molar-refractivity contribution in [3.63, 3.8) is 0 Å².